The van der Waals surface area contributed by atoms with Crippen LogP contribution in [0.2, 0.25) is 0 Å². The van der Waals surface area contributed by atoms with Gasteiger partial charge >= 0.3 is 0 Å². The van der Waals surface area contributed by atoms with E-state index in [1.54, 1.807) is 13.2 Å². The minimum absolute atomic E-state index is 0. The Morgan fingerprint density at radius 1 is 1.10 bits per heavy atom. The number of methoxy groups -OCH3 is 1. The zero-order valence-corrected chi connectivity index (χ0v) is 13.7. The second-order valence-electron chi connectivity index (χ2n) is 4.95. The molecule has 0 bridgehead atoms. The molecule has 0 aromatic heterocycles. The fraction of sp³-hybridized carbons (Fsp3) is 0.625. The largest absolute Gasteiger partial charge is 0.504 e. The van der Waals surface area contributed by atoms with Crippen molar-refractivity contribution in [3.63, 3.8) is 0 Å². The molecule has 0 amide bonds. The molecule has 3 nitrogen and oxygen atoms in total. The van der Waals surface area contributed by atoms with Crippen LogP contribution < -0.4 is 4.74 Å². The van der Waals surface area contributed by atoms with Gasteiger partial charge < -0.3 is 14.7 Å². The Kier molecular flexibility index (Phi) is 10.3. The van der Waals surface area contributed by atoms with Crippen LogP contribution in [0, 0.1) is 0 Å². The lowest BCUT2D eigenvalue weighted by Gasteiger charge is -2.21. The predicted octanol–water partition coefficient (Wildman–Crippen LogP) is 3.88. The van der Waals surface area contributed by atoms with Crippen molar-refractivity contribution in [3.05, 3.63) is 23.8 Å². The van der Waals surface area contributed by atoms with E-state index < -0.39 is 0 Å². The van der Waals surface area contributed by atoms with E-state index in [2.05, 4.69) is 18.7 Å². The van der Waals surface area contributed by atoms with Gasteiger partial charge in [0.25, 0.3) is 0 Å². The molecular formula is C16H28ClNO2. The molecule has 0 aliphatic rings. The predicted molar refractivity (Wildman–Crippen MR) is 87.2 cm³/mol. The third kappa shape index (κ3) is 6.49. The fourth-order valence-corrected chi connectivity index (χ4v) is 2.20. The first-order valence-electron chi connectivity index (χ1n) is 7.29. The van der Waals surface area contributed by atoms with Gasteiger partial charge in [-0.2, -0.15) is 0 Å². The van der Waals surface area contributed by atoms with Crippen LogP contribution in [0.3, 0.4) is 0 Å². The molecule has 0 aliphatic heterocycles. The quantitative estimate of drug-likeness (QED) is 0.751. The summed E-state index contributed by atoms with van der Waals surface area (Å²) < 4.78 is 5.14. The zero-order chi connectivity index (χ0) is 14.1. The van der Waals surface area contributed by atoms with Crippen molar-refractivity contribution >= 4 is 12.4 Å². The number of hydrogen-bond donors (Lipinski definition) is 1. The molecule has 116 valence electrons. The summed E-state index contributed by atoms with van der Waals surface area (Å²) in [7, 11) is 1.59. The molecule has 0 aliphatic carbocycles. The third-order valence-corrected chi connectivity index (χ3v) is 3.33. The van der Waals surface area contributed by atoms with Crippen LogP contribution in [-0.2, 0) is 6.42 Å². The maximum Gasteiger partial charge on any atom is 0.160 e. The van der Waals surface area contributed by atoms with Crippen molar-refractivity contribution in [1.82, 2.24) is 4.90 Å². The molecule has 0 heterocycles. The lowest BCUT2D eigenvalue weighted by molar-refractivity contribution is 0.273. The summed E-state index contributed by atoms with van der Waals surface area (Å²) in [5.41, 5.74) is 1.22. The lowest BCUT2D eigenvalue weighted by atomic mass is 10.1. The number of phenols is 1. The van der Waals surface area contributed by atoms with Gasteiger partial charge in [-0.1, -0.05) is 26.3 Å². The molecule has 0 radical (unpaired) electrons. The van der Waals surface area contributed by atoms with Crippen LogP contribution in [0.25, 0.3) is 0 Å². The first-order valence-corrected chi connectivity index (χ1v) is 7.29. The van der Waals surface area contributed by atoms with Crippen molar-refractivity contribution in [2.75, 3.05) is 26.7 Å². The topological polar surface area (TPSA) is 32.7 Å². The summed E-state index contributed by atoms with van der Waals surface area (Å²) in [6.45, 7) is 7.87. The number of aromatic hydroxyl groups is 1. The molecule has 1 aromatic carbocycles. The number of benzene rings is 1. The Balaban J connectivity index is 0.00000361. The van der Waals surface area contributed by atoms with E-state index in [-0.39, 0.29) is 18.2 Å². The van der Waals surface area contributed by atoms with Gasteiger partial charge in [0, 0.05) is 6.54 Å². The molecule has 1 rings (SSSR count). The highest BCUT2D eigenvalue weighted by Crippen LogP contribution is 2.26. The van der Waals surface area contributed by atoms with E-state index in [4.69, 9.17) is 4.74 Å². The molecule has 0 fully saturated rings. The maximum absolute atomic E-state index is 9.58. The highest BCUT2D eigenvalue weighted by atomic mass is 35.5. The third-order valence-electron chi connectivity index (χ3n) is 3.33. The zero-order valence-electron chi connectivity index (χ0n) is 12.9. The van der Waals surface area contributed by atoms with E-state index in [0.29, 0.717) is 5.75 Å². The molecule has 4 heteroatoms. The van der Waals surface area contributed by atoms with Gasteiger partial charge in [0.1, 0.15) is 0 Å². The van der Waals surface area contributed by atoms with Gasteiger partial charge in [-0.3, -0.25) is 0 Å². The van der Waals surface area contributed by atoms with Crippen molar-refractivity contribution < 1.29 is 9.84 Å². The van der Waals surface area contributed by atoms with Crippen LogP contribution in [0.15, 0.2) is 18.2 Å². The number of ether oxygens (including phenoxy) is 1. The van der Waals surface area contributed by atoms with Crippen LogP contribution in [0.4, 0.5) is 0 Å². The van der Waals surface area contributed by atoms with Gasteiger partial charge in [0.2, 0.25) is 0 Å². The fourth-order valence-electron chi connectivity index (χ4n) is 2.20. The highest BCUT2D eigenvalue weighted by Gasteiger charge is 2.06. The van der Waals surface area contributed by atoms with Gasteiger partial charge in [-0.15, -0.1) is 12.4 Å². The number of hydrogen-bond acceptors (Lipinski definition) is 3. The lowest BCUT2D eigenvalue weighted by Crippen LogP contribution is -2.28. The Hall–Kier alpha value is -0.930. The van der Waals surface area contributed by atoms with E-state index in [0.717, 1.165) is 19.5 Å². The molecular weight excluding hydrogens is 274 g/mol. The second kappa shape index (κ2) is 10.8. The molecule has 0 unspecified atom stereocenters. The average molecular weight is 302 g/mol. The molecule has 1 N–H and O–H groups in total. The second-order valence-corrected chi connectivity index (χ2v) is 4.95. The SMILES string of the molecule is CCCCN(CCC)CCc1ccc(O)c(OC)c1.Cl. The Morgan fingerprint density at radius 3 is 2.45 bits per heavy atom. The Labute approximate surface area is 129 Å². The number of nitrogens with zero attached hydrogens (tertiary/aromatic N) is 1. The van der Waals surface area contributed by atoms with Gasteiger partial charge in [0.05, 0.1) is 7.11 Å². The Bertz CT molecular complexity index is 371. The molecule has 0 saturated heterocycles. The first-order chi connectivity index (χ1) is 9.21. The van der Waals surface area contributed by atoms with Crippen molar-refractivity contribution in [2.45, 2.75) is 39.5 Å². The van der Waals surface area contributed by atoms with Crippen molar-refractivity contribution in [3.8, 4) is 11.5 Å². The molecule has 1 aromatic rings. The minimum atomic E-state index is 0. The van der Waals surface area contributed by atoms with Crippen molar-refractivity contribution in [2.24, 2.45) is 0 Å². The van der Waals surface area contributed by atoms with Crippen molar-refractivity contribution in [1.29, 1.82) is 0 Å². The summed E-state index contributed by atoms with van der Waals surface area (Å²) in [6.07, 6.45) is 4.70. The normalized spacial score (nSPS) is 10.4. The molecule has 0 atom stereocenters. The van der Waals surface area contributed by atoms with E-state index >= 15 is 0 Å². The van der Waals surface area contributed by atoms with Crippen LogP contribution >= 0.6 is 12.4 Å². The first kappa shape index (κ1) is 19.1. The van der Waals surface area contributed by atoms with E-state index in [9.17, 15) is 5.11 Å². The smallest absolute Gasteiger partial charge is 0.160 e. The van der Waals surface area contributed by atoms with Gasteiger partial charge in [-0.05, 0) is 50.0 Å². The maximum atomic E-state index is 9.58. The molecule has 0 saturated carbocycles. The standard InChI is InChI=1S/C16H27NO2.ClH/c1-4-6-11-17(10-5-2)12-9-14-7-8-15(18)16(13-14)19-3;/h7-8,13,18H,4-6,9-12H2,1-3H3;1H. The Morgan fingerprint density at radius 2 is 1.85 bits per heavy atom. The van der Waals surface area contributed by atoms with Gasteiger partial charge in [-0.25, -0.2) is 0 Å². The van der Waals surface area contributed by atoms with E-state index in [1.165, 1.54) is 31.4 Å². The summed E-state index contributed by atoms with van der Waals surface area (Å²) in [6, 6.07) is 5.62. The summed E-state index contributed by atoms with van der Waals surface area (Å²) in [4.78, 5) is 2.52. The molecule has 0 spiro atoms. The van der Waals surface area contributed by atoms with Crippen LogP contribution in [-0.4, -0.2) is 36.8 Å². The number of halogens is 1. The number of unbranched alkanes of at least 4 members (excludes halogenated alkanes) is 1. The number of phenolic OH excluding ortho intramolecular Hbond substituents is 1. The van der Waals surface area contributed by atoms with E-state index in [1.807, 2.05) is 12.1 Å². The highest BCUT2D eigenvalue weighted by molar-refractivity contribution is 5.85. The monoisotopic (exact) mass is 301 g/mol. The summed E-state index contributed by atoms with van der Waals surface area (Å²) >= 11 is 0. The average Bonchev–Trinajstić information content (AvgIpc) is 2.43. The minimum Gasteiger partial charge on any atom is -0.504 e. The van der Waals surface area contributed by atoms with Gasteiger partial charge in [0.15, 0.2) is 11.5 Å². The summed E-state index contributed by atoms with van der Waals surface area (Å²) in [5, 5.41) is 9.58. The van der Waals surface area contributed by atoms with Crippen LogP contribution in [0.1, 0.15) is 38.7 Å². The molecule has 20 heavy (non-hydrogen) atoms. The van der Waals surface area contributed by atoms with Crippen LogP contribution in [0.5, 0.6) is 11.5 Å². The summed E-state index contributed by atoms with van der Waals surface area (Å²) in [5.74, 6) is 0.774. The number of rotatable bonds is 9.